The molecule has 0 radical (unpaired) electrons. The van der Waals surface area contributed by atoms with E-state index in [0.29, 0.717) is 19.0 Å². The molecular weight excluding hydrogens is 340 g/mol. The minimum atomic E-state index is -0.412. The van der Waals surface area contributed by atoms with E-state index in [1.807, 2.05) is 6.07 Å². The van der Waals surface area contributed by atoms with Gasteiger partial charge in [-0.2, -0.15) is 0 Å². The van der Waals surface area contributed by atoms with Crippen LogP contribution >= 0.6 is 31.9 Å². The molecule has 4 nitrogen and oxygen atoms in total. The van der Waals surface area contributed by atoms with E-state index in [1.54, 1.807) is 7.11 Å². The molecule has 0 amide bonds. The Hall–Kier alpha value is -0.0400. The molecule has 1 aliphatic heterocycles. The van der Waals surface area contributed by atoms with Gasteiger partial charge in [0.1, 0.15) is 14.8 Å². The smallest absolute Gasteiger partial charge is 0.162 e. The number of halogens is 2. The molecule has 1 fully saturated rings. The highest BCUT2D eigenvalue weighted by Gasteiger charge is 2.37. The normalized spacial score (nSPS) is 19.7. The molecule has 1 aromatic rings. The van der Waals surface area contributed by atoms with Crippen molar-refractivity contribution in [1.29, 1.82) is 0 Å². The maximum absolute atomic E-state index is 5.63. The summed E-state index contributed by atoms with van der Waals surface area (Å²) < 4.78 is 12.5. The van der Waals surface area contributed by atoms with Gasteiger partial charge in [-0.25, -0.2) is 9.97 Å². The molecule has 0 spiro atoms. The van der Waals surface area contributed by atoms with Gasteiger partial charge in [0, 0.05) is 39.2 Å². The third-order valence-electron chi connectivity index (χ3n) is 2.76. The summed E-state index contributed by atoms with van der Waals surface area (Å²) in [6.07, 6.45) is 1.57. The van der Waals surface area contributed by atoms with Gasteiger partial charge in [0.25, 0.3) is 0 Å². The molecule has 16 heavy (non-hydrogen) atoms. The second kappa shape index (κ2) is 5.08. The van der Waals surface area contributed by atoms with Gasteiger partial charge in [-0.3, -0.25) is 0 Å². The first-order chi connectivity index (χ1) is 7.66. The van der Waals surface area contributed by atoms with Crippen LogP contribution in [0.3, 0.4) is 0 Å². The minimum absolute atomic E-state index is 0.412. The van der Waals surface area contributed by atoms with Gasteiger partial charge in [0.15, 0.2) is 5.82 Å². The number of hydrogen-bond acceptors (Lipinski definition) is 4. The van der Waals surface area contributed by atoms with Crippen molar-refractivity contribution in [1.82, 2.24) is 9.97 Å². The fraction of sp³-hybridized carbons (Fsp3) is 0.600. The molecule has 88 valence electrons. The van der Waals surface area contributed by atoms with Gasteiger partial charge in [-0.1, -0.05) is 0 Å². The molecule has 6 heteroatoms. The molecule has 1 aliphatic rings. The van der Waals surface area contributed by atoms with Crippen molar-refractivity contribution in [2.24, 2.45) is 0 Å². The van der Waals surface area contributed by atoms with Crippen LogP contribution in [0.25, 0.3) is 0 Å². The van der Waals surface area contributed by atoms with Crippen LogP contribution in [-0.4, -0.2) is 30.3 Å². The number of hydrogen-bond donors (Lipinski definition) is 0. The monoisotopic (exact) mass is 350 g/mol. The molecule has 2 heterocycles. The first-order valence-electron chi connectivity index (χ1n) is 5.00. The van der Waals surface area contributed by atoms with Crippen molar-refractivity contribution in [3.8, 4) is 0 Å². The van der Waals surface area contributed by atoms with Crippen molar-refractivity contribution in [3.63, 3.8) is 0 Å². The Morgan fingerprint density at radius 3 is 2.31 bits per heavy atom. The zero-order valence-electron chi connectivity index (χ0n) is 8.87. The third kappa shape index (κ3) is 2.45. The molecule has 0 N–H and O–H groups in total. The summed E-state index contributed by atoms with van der Waals surface area (Å²) in [5, 5.41) is 0. The molecule has 1 aromatic heterocycles. The number of methoxy groups -OCH3 is 1. The average molecular weight is 352 g/mol. The lowest BCUT2D eigenvalue weighted by atomic mass is 9.93. The van der Waals surface area contributed by atoms with E-state index in [9.17, 15) is 0 Å². The van der Waals surface area contributed by atoms with Crippen LogP contribution in [0.2, 0.25) is 0 Å². The molecular formula is C10H12Br2N2O2. The molecule has 0 aromatic carbocycles. The molecule has 0 saturated carbocycles. The van der Waals surface area contributed by atoms with E-state index in [1.165, 1.54) is 0 Å². The van der Waals surface area contributed by atoms with Gasteiger partial charge >= 0.3 is 0 Å². The van der Waals surface area contributed by atoms with Crippen LogP contribution in [-0.2, 0) is 15.1 Å². The van der Waals surface area contributed by atoms with E-state index >= 15 is 0 Å². The highest BCUT2D eigenvalue weighted by molar-refractivity contribution is 9.11. The SMILES string of the molecule is COC1(c2nc(Br)cc(Br)n2)CCOCC1. The van der Waals surface area contributed by atoms with Crippen molar-refractivity contribution in [3.05, 3.63) is 21.1 Å². The summed E-state index contributed by atoms with van der Waals surface area (Å²) in [5.41, 5.74) is -0.412. The second-order valence-electron chi connectivity index (χ2n) is 3.65. The topological polar surface area (TPSA) is 44.2 Å². The Morgan fingerprint density at radius 1 is 1.25 bits per heavy atom. The van der Waals surface area contributed by atoms with Gasteiger partial charge in [0.05, 0.1) is 0 Å². The molecule has 0 bridgehead atoms. The number of aromatic nitrogens is 2. The van der Waals surface area contributed by atoms with E-state index in [0.717, 1.165) is 22.0 Å². The standard InChI is InChI=1S/C10H12Br2N2O2/c1-15-10(2-4-16-5-3-10)9-13-7(11)6-8(12)14-9/h6H,2-5H2,1H3. The molecule has 0 unspecified atom stereocenters. The van der Waals surface area contributed by atoms with Crippen molar-refractivity contribution < 1.29 is 9.47 Å². The van der Waals surface area contributed by atoms with Crippen molar-refractivity contribution in [2.45, 2.75) is 18.4 Å². The maximum atomic E-state index is 5.63. The van der Waals surface area contributed by atoms with Crippen LogP contribution in [0.1, 0.15) is 18.7 Å². The van der Waals surface area contributed by atoms with E-state index in [2.05, 4.69) is 41.8 Å². The van der Waals surface area contributed by atoms with Gasteiger partial charge < -0.3 is 9.47 Å². The van der Waals surface area contributed by atoms with E-state index in [-0.39, 0.29) is 0 Å². The number of rotatable bonds is 2. The van der Waals surface area contributed by atoms with Gasteiger partial charge in [0.2, 0.25) is 0 Å². The van der Waals surface area contributed by atoms with Crippen molar-refractivity contribution >= 4 is 31.9 Å². The lowest BCUT2D eigenvalue weighted by Gasteiger charge is -2.34. The highest BCUT2D eigenvalue weighted by atomic mass is 79.9. The number of ether oxygens (including phenoxy) is 2. The minimum Gasteiger partial charge on any atom is -0.381 e. The van der Waals surface area contributed by atoms with Gasteiger partial charge in [-0.15, -0.1) is 0 Å². The summed E-state index contributed by atoms with van der Waals surface area (Å²) in [6.45, 7) is 1.36. The van der Waals surface area contributed by atoms with Crippen molar-refractivity contribution in [2.75, 3.05) is 20.3 Å². The maximum Gasteiger partial charge on any atom is 0.162 e. The summed E-state index contributed by atoms with van der Waals surface area (Å²) >= 11 is 6.73. The predicted molar refractivity (Wildman–Crippen MR) is 66.2 cm³/mol. The highest BCUT2D eigenvalue weighted by Crippen LogP contribution is 2.34. The first-order valence-corrected chi connectivity index (χ1v) is 6.58. The Labute approximate surface area is 111 Å². The third-order valence-corrected chi connectivity index (χ3v) is 3.57. The molecule has 0 aliphatic carbocycles. The van der Waals surface area contributed by atoms with Gasteiger partial charge in [-0.05, 0) is 31.9 Å². The van der Waals surface area contributed by atoms with Crippen LogP contribution in [0.4, 0.5) is 0 Å². The molecule has 1 saturated heterocycles. The zero-order valence-corrected chi connectivity index (χ0v) is 12.0. The second-order valence-corrected chi connectivity index (χ2v) is 5.27. The van der Waals surface area contributed by atoms with E-state index in [4.69, 9.17) is 9.47 Å². The van der Waals surface area contributed by atoms with Crippen LogP contribution < -0.4 is 0 Å². The Morgan fingerprint density at radius 2 is 1.81 bits per heavy atom. The summed E-state index contributed by atoms with van der Waals surface area (Å²) in [5.74, 6) is 0.708. The zero-order chi connectivity index (χ0) is 11.6. The molecule has 2 rings (SSSR count). The summed E-state index contributed by atoms with van der Waals surface area (Å²) in [4.78, 5) is 8.79. The number of nitrogens with zero attached hydrogens (tertiary/aromatic N) is 2. The lowest BCUT2D eigenvalue weighted by molar-refractivity contribution is -0.100. The largest absolute Gasteiger partial charge is 0.381 e. The Bertz CT molecular complexity index is 361. The molecule has 0 atom stereocenters. The average Bonchev–Trinajstić information content (AvgIpc) is 2.28. The Kier molecular flexibility index (Phi) is 3.94. The fourth-order valence-corrected chi connectivity index (χ4v) is 2.89. The quantitative estimate of drug-likeness (QED) is 0.768. The predicted octanol–water partition coefficient (Wildman–Crippen LogP) is 2.65. The van der Waals surface area contributed by atoms with Crippen LogP contribution in [0.15, 0.2) is 15.3 Å². The van der Waals surface area contributed by atoms with E-state index < -0.39 is 5.60 Å². The van der Waals surface area contributed by atoms with Crippen LogP contribution in [0.5, 0.6) is 0 Å². The summed E-state index contributed by atoms with van der Waals surface area (Å²) in [6, 6.07) is 1.81. The lowest BCUT2D eigenvalue weighted by Crippen LogP contribution is -2.37. The Balaban J connectivity index is 2.38. The first kappa shape index (κ1) is 12.4. The van der Waals surface area contributed by atoms with Crippen LogP contribution in [0, 0.1) is 0 Å². The summed E-state index contributed by atoms with van der Waals surface area (Å²) in [7, 11) is 1.70. The fourth-order valence-electron chi connectivity index (χ4n) is 1.81.